The molecule has 0 unspecified atom stereocenters. The monoisotopic (exact) mass is 404 g/mol. The maximum atomic E-state index is 12.5. The molecule has 0 fully saturated rings. The predicted molar refractivity (Wildman–Crippen MR) is 102 cm³/mol. The topological polar surface area (TPSA) is 111 Å². The summed E-state index contributed by atoms with van der Waals surface area (Å²) in [5.41, 5.74) is 1.27. The molecule has 1 aliphatic heterocycles. The molecule has 0 saturated carbocycles. The predicted octanol–water partition coefficient (Wildman–Crippen LogP) is 1.51. The van der Waals surface area contributed by atoms with E-state index in [9.17, 15) is 18.0 Å². The number of anilines is 1. The molecule has 148 valence electrons. The smallest absolute Gasteiger partial charge is 0.262 e. The Morgan fingerprint density at radius 2 is 2.07 bits per heavy atom. The highest BCUT2D eigenvalue weighted by Crippen LogP contribution is 2.30. The van der Waals surface area contributed by atoms with Crippen molar-refractivity contribution in [2.24, 2.45) is 0 Å². The van der Waals surface area contributed by atoms with Gasteiger partial charge in [-0.05, 0) is 29.8 Å². The molecular formula is C19H20N2O6S. The van der Waals surface area contributed by atoms with Crippen LogP contribution in [0.5, 0.6) is 11.5 Å². The first kappa shape index (κ1) is 19.7. The molecule has 3 rings (SSSR count). The summed E-state index contributed by atoms with van der Waals surface area (Å²) in [7, 11) is -2.11. The molecule has 0 bridgehead atoms. The number of sulfone groups is 1. The fraction of sp³-hybridized carbons (Fsp3) is 0.263. The quantitative estimate of drug-likeness (QED) is 0.724. The maximum absolute atomic E-state index is 12.5. The van der Waals surface area contributed by atoms with Gasteiger partial charge >= 0.3 is 0 Å². The van der Waals surface area contributed by atoms with Crippen LogP contribution in [0.25, 0.3) is 0 Å². The molecule has 1 heterocycles. The van der Waals surface area contributed by atoms with Crippen LogP contribution in [-0.2, 0) is 26.0 Å². The number of carbonyl (C=O) groups excluding carboxylic acids is 2. The van der Waals surface area contributed by atoms with Crippen LogP contribution in [0.3, 0.4) is 0 Å². The Labute approximate surface area is 162 Å². The first-order valence-corrected chi connectivity index (χ1v) is 10.2. The molecule has 1 aliphatic rings. The van der Waals surface area contributed by atoms with Gasteiger partial charge in [0.1, 0.15) is 11.5 Å². The van der Waals surface area contributed by atoms with E-state index in [-0.39, 0.29) is 42.0 Å². The van der Waals surface area contributed by atoms with Crippen LogP contribution in [-0.4, -0.2) is 39.7 Å². The van der Waals surface area contributed by atoms with Crippen molar-refractivity contribution >= 4 is 27.3 Å². The first-order chi connectivity index (χ1) is 13.4. The molecule has 0 saturated heterocycles. The van der Waals surface area contributed by atoms with Crippen LogP contribution in [0.1, 0.15) is 12.0 Å². The number of rotatable bonds is 7. The standard InChI is InChI=1S/C19H20N2O6S/c1-26-14-4-2-3-13(9-14)11-20-18(22)7-8-28(24,25)15-5-6-16-17(10-15)27-12-19(23)21-16/h2-6,9-10H,7-8,11-12H2,1H3,(H,20,22)(H,21,23). The van der Waals surface area contributed by atoms with Crippen molar-refractivity contribution in [2.75, 3.05) is 24.8 Å². The van der Waals surface area contributed by atoms with Crippen LogP contribution < -0.4 is 20.1 Å². The third-order valence-corrected chi connectivity index (χ3v) is 5.88. The van der Waals surface area contributed by atoms with Gasteiger partial charge in [-0.1, -0.05) is 12.1 Å². The molecular weight excluding hydrogens is 384 g/mol. The molecule has 8 nitrogen and oxygen atoms in total. The van der Waals surface area contributed by atoms with E-state index >= 15 is 0 Å². The molecule has 0 spiro atoms. The molecule has 0 aliphatic carbocycles. The summed E-state index contributed by atoms with van der Waals surface area (Å²) in [6, 6.07) is 11.5. The van der Waals surface area contributed by atoms with Crippen molar-refractivity contribution in [3.63, 3.8) is 0 Å². The lowest BCUT2D eigenvalue weighted by atomic mass is 10.2. The minimum Gasteiger partial charge on any atom is -0.497 e. The largest absolute Gasteiger partial charge is 0.497 e. The van der Waals surface area contributed by atoms with E-state index in [0.29, 0.717) is 17.2 Å². The van der Waals surface area contributed by atoms with E-state index in [1.54, 1.807) is 19.2 Å². The van der Waals surface area contributed by atoms with Crippen molar-refractivity contribution in [1.82, 2.24) is 5.32 Å². The van der Waals surface area contributed by atoms with Gasteiger partial charge in [-0.15, -0.1) is 0 Å². The summed E-state index contributed by atoms with van der Waals surface area (Å²) in [6.45, 7) is 0.117. The normalized spacial score (nSPS) is 13.1. The van der Waals surface area contributed by atoms with Gasteiger partial charge < -0.3 is 20.1 Å². The van der Waals surface area contributed by atoms with Crippen molar-refractivity contribution in [3.05, 3.63) is 48.0 Å². The van der Waals surface area contributed by atoms with Gasteiger partial charge in [0.25, 0.3) is 5.91 Å². The highest BCUT2D eigenvalue weighted by Gasteiger charge is 2.21. The van der Waals surface area contributed by atoms with Gasteiger partial charge in [0.15, 0.2) is 16.4 Å². The number of hydrogen-bond donors (Lipinski definition) is 2. The SMILES string of the molecule is COc1cccc(CNC(=O)CCS(=O)(=O)c2ccc3c(c2)OCC(=O)N3)c1. The van der Waals surface area contributed by atoms with E-state index in [0.717, 1.165) is 5.56 Å². The average molecular weight is 404 g/mol. The van der Waals surface area contributed by atoms with E-state index in [4.69, 9.17) is 9.47 Å². The van der Waals surface area contributed by atoms with E-state index in [2.05, 4.69) is 10.6 Å². The highest BCUT2D eigenvalue weighted by atomic mass is 32.2. The van der Waals surface area contributed by atoms with Gasteiger partial charge in [-0.3, -0.25) is 9.59 Å². The minimum absolute atomic E-state index is 0.0444. The van der Waals surface area contributed by atoms with Gasteiger partial charge in [-0.2, -0.15) is 0 Å². The van der Waals surface area contributed by atoms with Gasteiger partial charge in [0.05, 0.1) is 23.4 Å². The Kier molecular flexibility index (Phi) is 5.84. The molecule has 0 atom stereocenters. The number of ether oxygens (including phenoxy) is 2. The molecule has 0 aromatic heterocycles. The molecule has 28 heavy (non-hydrogen) atoms. The number of amides is 2. The highest BCUT2D eigenvalue weighted by molar-refractivity contribution is 7.91. The Morgan fingerprint density at radius 3 is 2.86 bits per heavy atom. The second kappa shape index (κ2) is 8.30. The van der Waals surface area contributed by atoms with Crippen molar-refractivity contribution < 1.29 is 27.5 Å². The Hall–Kier alpha value is -3.07. The van der Waals surface area contributed by atoms with Crippen molar-refractivity contribution in [1.29, 1.82) is 0 Å². The number of nitrogens with one attached hydrogen (secondary N) is 2. The van der Waals surface area contributed by atoms with E-state index in [1.807, 2.05) is 12.1 Å². The molecule has 2 aromatic carbocycles. The van der Waals surface area contributed by atoms with Crippen LogP contribution in [0.4, 0.5) is 5.69 Å². The fourth-order valence-corrected chi connectivity index (χ4v) is 3.92. The van der Waals surface area contributed by atoms with E-state index < -0.39 is 9.84 Å². The number of carbonyl (C=O) groups is 2. The van der Waals surface area contributed by atoms with Gasteiger partial charge in [0.2, 0.25) is 5.91 Å². The third kappa shape index (κ3) is 4.80. The fourth-order valence-electron chi connectivity index (χ4n) is 2.66. The zero-order valence-corrected chi connectivity index (χ0v) is 16.0. The average Bonchev–Trinajstić information content (AvgIpc) is 2.70. The summed E-state index contributed by atoms with van der Waals surface area (Å²) in [4.78, 5) is 23.4. The first-order valence-electron chi connectivity index (χ1n) is 8.56. The zero-order valence-electron chi connectivity index (χ0n) is 15.2. The second-order valence-corrected chi connectivity index (χ2v) is 8.30. The molecule has 2 amide bonds. The zero-order chi connectivity index (χ0) is 20.1. The number of fused-ring (bicyclic) bond motifs is 1. The van der Waals surface area contributed by atoms with Crippen molar-refractivity contribution in [3.8, 4) is 11.5 Å². The Morgan fingerprint density at radius 1 is 1.25 bits per heavy atom. The Bertz CT molecular complexity index is 1000. The lowest BCUT2D eigenvalue weighted by Crippen LogP contribution is -2.26. The second-order valence-electron chi connectivity index (χ2n) is 6.19. The van der Waals surface area contributed by atoms with Crippen molar-refractivity contribution in [2.45, 2.75) is 17.9 Å². The lowest BCUT2D eigenvalue weighted by Gasteiger charge is -2.18. The summed E-state index contributed by atoms with van der Waals surface area (Å²) >= 11 is 0. The molecule has 9 heteroatoms. The van der Waals surface area contributed by atoms with Crippen LogP contribution in [0.2, 0.25) is 0 Å². The van der Waals surface area contributed by atoms with Crippen LogP contribution in [0, 0.1) is 0 Å². The van der Waals surface area contributed by atoms with E-state index in [1.165, 1.54) is 18.2 Å². The summed E-state index contributed by atoms with van der Waals surface area (Å²) in [5.74, 6) is -0.0192. The van der Waals surface area contributed by atoms with Gasteiger partial charge in [-0.25, -0.2) is 8.42 Å². The van der Waals surface area contributed by atoms with Crippen LogP contribution in [0.15, 0.2) is 47.4 Å². The Balaban J connectivity index is 1.57. The van der Waals surface area contributed by atoms with Gasteiger partial charge in [0, 0.05) is 19.0 Å². The van der Waals surface area contributed by atoms with Crippen LogP contribution >= 0.6 is 0 Å². The molecule has 2 aromatic rings. The summed E-state index contributed by atoms with van der Waals surface area (Å²) in [6.07, 6.45) is -0.166. The molecule has 0 radical (unpaired) electrons. The minimum atomic E-state index is -3.67. The molecule has 2 N–H and O–H groups in total. The lowest BCUT2D eigenvalue weighted by molar-refractivity contribution is -0.121. The summed E-state index contributed by atoms with van der Waals surface area (Å²) < 4.78 is 35.4. The number of hydrogen-bond acceptors (Lipinski definition) is 6. The summed E-state index contributed by atoms with van der Waals surface area (Å²) in [5, 5.41) is 5.30. The number of methoxy groups -OCH3 is 1. The third-order valence-electron chi connectivity index (χ3n) is 4.17. The maximum Gasteiger partial charge on any atom is 0.262 e. The number of benzene rings is 2.